The molecule has 0 atom stereocenters. The third-order valence-corrected chi connectivity index (χ3v) is 6.57. The van der Waals surface area contributed by atoms with Crippen LogP contribution < -0.4 is 0 Å². The van der Waals surface area contributed by atoms with Crippen molar-refractivity contribution >= 4 is 11.9 Å². The van der Waals surface area contributed by atoms with Crippen LogP contribution in [0.2, 0.25) is 0 Å². The van der Waals surface area contributed by atoms with Crippen molar-refractivity contribution in [3.63, 3.8) is 0 Å². The molecule has 0 amide bonds. The van der Waals surface area contributed by atoms with E-state index in [1.165, 1.54) is 5.56 Å². The molecule has 0 saturated carbocycles. The van der Waals surface area contributed by atoms with E-state index in [1.807, 2.05) is 24.3 Å². The molecule has 0 aliphatic heterocycles. The maximum atomic E-state index is 11.1. The second-order valence-electron chi connectivity index (χ2n) is 8.95. The molecule has 0 radical (unpaired) electrons. The van der Waals surface area contributed by atoms with E-state index in [-0.39, 0.29) is 11.1 Å². The van der Waals surface area contributed by atoms with E-state index in [2.05, 4.69) is 73.7 Å². The Hall–Kier alpha value is -4.96. The third-order valence-electron chi connectivity index (χ3n) is 6.57. The Labute approximate surface area is 215 Å². The van der Waals surface area contributed by atoms with Crippen LogP contribution in [0.15, 0.2) is 115 Å². The van der Waals surface area contributed by atoms with E-state index >= 15 is 0 Å². The predicted octanol–water partition coefficient (Wildman–Crippen LogP) is 8.06. The van der Waals surface area contributed by atoms with Crippen molar-refractivity contribution in [3.8, 4) is 44.5 Å². The molecule has 5 aromatic rings. The average Bonchev–Trinajstić information content (AvgIpc) is 2.93. The third kappa shape index (κ3) is 5.04. The highest BCUT2D eigenvalue weighted by Crippen LogP contribution is 2.31. The first-order chi connectivity index (χ1) is 17.9. The smallest absolute Gasteiger partial charge is 0.335 e. The molecule has 0 aromatic heterocycles. The number of hydrogen-bond acceptors (Lipinski definition) is 2. The molecule has 0 fully saturated rings. The van der Waals surface area contributed by atoms with E-state index < -0.39 is 11.9 Å². The first-order valence-electron chi connectivity index (χ1n) is 11.9. The minimum absolute atomic E-state index is 0.278. The normalized spacial score (nSPS) is 10.7. The monoisotopic (exact) mass is 484 g/mol. The van der Waals surface area contributed by atoms with E-state index in [1.54, 1.807) is 24.3 Å². The Bertz CT molecular complexity index is 1580. The summed E-state index contributed by atoms with van der Waals surface area (Å²) in [6.45, 7) is 2.11. The van der Waals surface area contributed by atoms with Gasteiger partial charge in [-0.25, -0.2) is 9.59 Å². The van der Waals surface area contributed by atoms with Crippen LogP contribution >= 0.6 is 0 Å². The molecule has 0 aliphatic carbocycles. The lowest BCUT2D eigenvalue weighted by molar-refractivity contribution is 0.0686. The Balaban J connectivity index is 1.34. The fourth-order valence-electron chi connectivity index (χ4n) is 4.48. The fraction of sp³-hybridized carbons (Fsp3) is 0.0303. The zero-order valence-electron chi connectivity index (χ0n) is 20.2. The SMILES string of the molecule is Cc1cc(-c2ccc(-c3ccc(C(=O)O)cc3)cc2)ccc1-c1ccc(-c2ccc(C(=O)O)cc2)cc1. The van der Waals surface area contributed by atoms with Gasteiger partial charge in [-0.3, -0.25) is 0 Å². The summed E-state index contributed by atoms with van der Waals surface area (Å²) in [6.07, 6.45) is 0. The molecule has 0 spiro atoms. The molecule has 180 valence electrons. The van der Waals surface area contributed by atoms with E-state index in [0.29, 0.717) is 0 Å². The topological polar surface area (TPSA) is 74.6 Å². The highest BCUT2D eigenvalue weighted by atomic mass is 16.4. The van der Waals surface area contributed by atoms with Crippen molar-refractivity contribution in [2.24, 2.45) is 0 Å². The molecule has 0 bridgehead atoms. The van der Waals surface area contributed by atoms with Crippen LogP contribution in [-0.2, 0) is 0 Å². The lowest BCUT2D eigenvalue weighted by Gasteiger charge is -2.11. The summed E-state index contributed by atoms with van der Waals surface area (Å²) in [5.74, 6) is -1.85. The molecule has 5 rings (SSSR count). The minimum atomic E-state index is -0.927. The molecule has 0 aliphatic rings. The first-order valence-corrected chi connectivity index (χ1v) is 11.9. The number of hydrogen-bond donors (Lipinski definition) is 2. The zero-order chi connectivity index (χ0) is 25.9. The second kappa shape index (κ2) is 9.96. The first kappa shape index (κ1) is 23.8. The van der Waals surface area contributed by atoms with Gasteiger partial charge in [0.1, 0.15) is 0 Å². The Kier molecular flexibility index (Phi) is 6.40. The molecular weight excluding hydrogens is 460 g/mol. The van der Waals surface area contributed by atoms with Gasteiger partial charge in [0, 0.05) is 0 Å². The van der Waals surface area contributed by atoms with Crippen molar-refractivity contribution in [2.45, 2.75) is 6.92 Å². The molecule has 4 nitrogen and oxygen atoms in total. The molecule has 0 heterocycles. The van der Waals surface area contributed by atoms with Crippen LogP contribution in [0.25, 0.3) is 44.5 Å². The van der Waals surface area contributed by atoms with Crippen molar-refractivity contribution in [2.75, 3.05) is 0 Å². The number of aryl methyl sites for hydroxylation is 1. The van der Waals surface area contributed by atoms with Crippen LogP contribution in [0.1, 0.15) is 26.3 Å². The number of aromatic carboxylic acids is 2. The van der Waals surface area contributed by atoms with E-state index in [0.717, 1.165) is 44.5 Å². The van der Waals surface area contributed by atoms with Gasteiger partial charge >= 0.3 is 11.9 Å². The van der Waals surface area contributed by atoms with Gasteiger partial charge in [0.2, 0.25) is 0 Å². The van der Waals surface area contributed by atoms with Crippen LogP contribution in [0, 0.1) is 6.92 Å². The fourth-order valence-corrected chi connectivity index (χ4v) is 4.48. The molecule has 4 heteroatoms. The van der Waals surface area contributed by atoms with E-state index in [4.69, 9.17) is 10.2 Å². The van der Waals surface area contributed by atoms with Crippen LogP contribution in [0.3, 0.4) is 0 Å². The molecule has 37 heavy (non-hydrogen) atoms. The quantitative estimate of drug-likeness (QED) is 0.256. The van der Waals surface area contributed by atoms with Gasteiger partial charge < -0.3 is 10.2 Å². The summed E-state index contributed by atoms with van der Waals surface area (Å²) >= 11 is 0. The van der Waals surface area contributed by atoms with Gasteiger partial charge in [-0.05, 0) is 81.3 Å². The summed E-state index contributed by atoms with van der Waals surface area (Å²) in [5.41, 5.74) is 10.3. The number of carboxylic acid groups (broad SMARTS) is 2. The number of carboxylic acids is 2. The maximum absolute atomic E-state index is 11.1. The number of benzene rings is 5. The van der Waals surface area contributed by atoms with Crippen LogP contribution in [0.4, 0.5) is 0 Å². The van der Waals surface area contributed by atoms with Gasteiger partial charge in [0.05, 0.1) is 11.1 Å². The van der Waals surface area contributed by atoms with Crippen molar-refractivity contribution in [1.82, 2.24) is 0 Å². The Morgan fingerprint density at radius 3 is 1.08 bits per heavy atom. The summed E-state index contributed by atoms with van der Waals surface area (Å²) < 4.78 is 0. The number of rotatable bonds is 6. The molecule has 5 aromatic carbocycles. The lowest BCUT2D eigenvalue weighted by atomic mass is 9.93. The van der Waals surface area contributed by atoms with Crippen molar-refractivity contribution < 1.29 is 19.8 Å². The maximum Gasteiger partial charge on any atom is 0.335 e. The predicted molar refractivity (Wildman–Crippen MR) is 147 cm³/mol. The Morgan fingerprint density at radius 1 is 0.432 bits per heavy atom. The van der Waals surface area contributed by atoms with E-state index in [9.17, 15) is 9.59 Å². The highest BCUT2D eigenvalue weighted by Gasteiger charge is 2.08. The van der Waals surface area contributed by atoms with Crippen LogP contribution in [0.5, 0.6) is 0 Å². The second-order valence-corrected chi connectivity index (χ2v) is 8.95. The highest BCUT2D eigenvalue weighted by molar-refractivity contribution is 5.89. The number of carbonyl (C=O) groups is 2. The largest absolute Gasteiger partial charge is 0.478 e. The van der Waals surface area contributed by atoms with Gasteiger partial charge in [-0.2, -0.15) is 0 Å². The van der Waals surface area contributed by atoms with Gasteiger partial charge in [0.15, 0.2) is 0 Å². The summed E-state index contributed by atoms with van der Waals surface area (Å²) in [5, 5.41) is 18.2. The van der Waals surface area contributed by atoms with Gasteiger partial charge in [0.25, 0.3) is 0 Å². The summed E-state index contributed by atoms with van der Waals surface area (Å²) in [6, 6.07) is 36.8. The molecule has 0 unspecified atom stereocenters. The summed E-state index contributed by atoms with van der Waals surface area (Å²) in [7, 11) is 0. The molecular formula is C33H24O4. The zero-order valence-corrected chi connectivity index (χ0v) is 20.2. The average molecular weight is 485 g/mol. The molecule has 0 saturated heterocycles. The van der Waals surface area contributed by atoms with Gasteiger partial charge in [-0.1, -0.05) is 91.0 Å². The lowest BCUT2D eigenvalue weighted by Crippen LogP contribution is -1.95. The minimum Gasteiger partial charge on any atom is -0.478 e. The Morgan fingerprint density at radius 2 is 0.730 bits per heavy atom. The van der Waals surface area contributed by atoms with Gasteiger partial charge in [-0.15, -0.1) is 0 Å². The standard InChI is InChI=1S/C33H24O4/c1-21-20-30(26-4-2-22(3-5-26)24-8-14-28(15-9-24)32(34)35)18-19-31(21)27-12-6-23(7-13-27)25-10-16-29(17-11-25)33(36)37/h2-20H,1H3,(H,34,35)(H,36,37). The van der Waals surface area contributed by atoms with Crippen molar-refractivity contribution in [1.29, 1.82) is 0 Å². The molecule has 2 N–H and O–H groups in total. The van der Waals surface area contributed by atoms with Crippen molar-refractivity contribution in [3.05, 3.63) is 132 Å². The van der Waals surface area contributed by atoms with Crippen LogP contribution in [-0.4, -0.2) is 22.2 Å². The summed E-state index contributed by atoms with van der Waals surface area (Å²) in [4.78, 5) is 22.2.